The largest absolute Gasteiger partial charge is 0.416 e. The summed E-state index contributed by atoms with van der Waals surface area (Å²) in [5.41, 5.74) is 1.30. The van der Waals surface area contributed by atoms with Gasteiger partial charge in [-0.05, 0) is 105 Å². The van der Waals surface area contributed by atoms with Gasteiger partial charge in [0.25, 0.3) is 0 Å². The van der Waals surface area contributed by atoms with Gasteiger partial charge < -0.3 is 10.2 Å². The Bertz CT molecular complexity index is 1090. The second kappa shape index (κ2) is 11.8. The zero-order valence-electron chi connectivity index (χ0n) is 22.7. The van der Waals surface area contributed by atoms with Gasteiger partial charge in [-0.15, -0.1) is 0 Å². The minimum atomic E-state index is -4.63. The lowest BCUT2D eigenvalue weighted by Gasteiger charge is -2.37. The number of carbonyl (C=O) groups is 1. The van der Waals surface area contributed by atoms with E-state index >= 15 is 0 Å². The molecule has 208 valence electrons. The molecule has 2 unspecified atom stereocenters. The van der Waals surface area contributed by atoms with Gasteiger partial charge in [-0.1, -0.05) is 45.0 Å². The van der Waals surface area contributed by atoms with Crippen molar-refractivity contribution < 1.29 is 22.4 Å². The number of amides is 1. The highest BCUT2D eigenvalue weighted by molar-refractivity contribution is 5.83. The monoisotopic (exact) mass is 532 g/mol. The molecule has 0 spiro atoms. The summed E-state index contributed by atoms with van der Waals surface area (Å²) >= 11 is 0. The van der Waals surface area contributed by atoms with Crippen molar-refractivity contribution in [3.8, 4) is 0 Å². The molecule has 1 saturated heterocycles. The highest BCUT2D eigenvalue weighted by Gasteiger charge is 2.47. The van der Waals surface area contributed by atoms with Gasteiger partial charge in [0, 0.05) is 12.6 Å². The molecule has 1 amide bonds. The lowest BCUT2D eigenvalue weighted by molar-refractivity contribution is -0.137. The molecule has 1 aliphatic carbocycles. The van der Waals surface area contributed by atoms with E-state index in [1.807, 2.05) is 0 Å². The highest BCUT2D eigenvalue weighted by Crippen LogP contribution is 2.46. The van der Waals surface area contributed by atoms with Crippen molar-refractivity contribution in [2.75, 3.05) is 13.1 Å². The summed E-state index contributed by atoms with van der Waals surface area (Å²) in [5, 5.41) is 2.86. The molecule has 2 atom stereocenters. The minimum absolute atomic E-state index is 0.119. The standard InChI is InChI=1S/C31H40F4N2O/c1-4-22-5-7-24(8-6-22)25-10-13-37(14-11-25)28-9-12-30(19-28,18-21(2)3)29(38)36-20-23-15-26(31(33,34)35)17-27(32)16-23/h5-8,15-17,21,25,28H,4,9-14,18-20H2,1-3H3,(H,36,38). The van der Waals surface area contributed by atoms with Crippen LogP contribution in [-0.2, 0) is 23.9 Å². The predicted octanol–water partition coefficient (Wildman–Crippen LogP) is 7.49. The summed E-state index contributed by atoms with van der Waals surface area (Å²) in [6.07, 6.45) is 1.80. The van der Waals surface area contributed by atoms with E-state index in [-0.39, 0.29) is 18.0 Å². The molecule has 2 fully saturated rings. The topological polar surface area (TPSA) is 32.3 Å². The van der Waals surface area contributed by atoms with Crippen molar-refractivity contribution in [1.82, 2.24) is 10.2 Å². The molecule has 38 heavy (non-hydrogen) atoms. The Balaban J connectivity index is 1.38. The molecular weight excluding hydrogens is 492 g/mol. The maximum absolute atomic E-state index is 13.8. The SMILES string of the molecule is CCc1ccc(C2CCN(C3CCC(CC(C)C)(C(=O)NCc4cc(F)cc(C(F)(F)F)c4)C3)CC2)cc1. The van der Waals surface area contributed by atoms with Crippen LogP contribution >= 0.6 is 0 Å². The summed E-state index contributed by atoms with van der Waals surface area (Å²) in [4.78, 5) is 16.1. The Morgan fingerprint density at radius 2 is 1.74 bits per heavy atom. The number of rotatable bonds is 8. The van der Waals surface area contributed by atoms with Gasteiger partial charge in [-0.25, -0.2) is 4.39 Å². The molecule has 1 N–H and O–H groups in total. The van der Waals surface area contributed by atoms with E-state index in [0.29, 0.717) is 23.9 Å². The van der Waals surface area contributed by atoms with Crippen LogP contribution in [0.15, 0.2) is 42.5 Å². The van der Waals surface area contributed by atoms with Crippen LogP contribution in [0.2, 0.25) is 0 Å². The third kappa shape index (κ3) is 6.77. The molecule has 3 nitrogen and oxygen atoms in total. The first kappa shape index (κ1) is 28.6. The number of hydrogen-bond donors (Lipinski definition) is 1. The van der Waals surface area contributed by atoms with E-state index < -0.39 is 23.0 Å². The fourth-order valence-corrected chi connectivity index (χ4v) is 6.58. The summed E-state index contributed by atoms with van der Waals surface area (Å²) < 4.78 is 53.2. The van der Waals surface area contributed by atoms with Crippen LogP contribution in [0.5, 0.6) is 0 Å². The molecule has 1 saturated carbocycles. The number of hydrogen-bond acceptors (Lipinski definition) is 2. The third-order valence-electron chi connectivity index (χ3n) is 8.51. The van der Waals surface area contributed by atoms with Gasteiger partial charge in [0.2, 0.25) is 5.91 Å². The number of nitrogens with one attached hydrogen (secondary N) is 1. The second-order valence-electron chi connectivity index (χ2n) is 11.7. The maximum Gasteiger partial charge on any atom is 0.416 e. The first-order valence-electron chi connectivity index (χ1n) is 14.0. The minimum Gasteiger partial charge on any atom is -0.352 e. The van der Waals surface area contributed by atoms with Crippen LogP contribution < -0.4 is 5.32 Å². The Morgan fingerprint density at radius 1 is 1.05 bits per heavy atom. The van der Waals surface area contributed by atoms with Crippen molar-refractivity contribution in [3.05, 3.63) is 70.5 Å². The van der Waals surface area contributed by atoms with Crippen molar-refractivity contribution in [2.45, 2.75) is 90.4 Å². The highest BCUT2D eigenvalue weighted by atomic mass is 19.4. The van der Waals surface area contributed by atoms with E-state index in [9.17, 15) is 22.4 Å². The van der Waals surface area contributed by atoms with Crippen LogP contribution in [0.25, 0.3) is 0 Å². The number of carbonyl (C=O) groups excluding carboxylic acids is 1. The second-order valence-corrected chi connectivity index (χ2v) is 11.7. The maximum atomic E-state index is 13.8. The lowest BCUT2D eigenvalue weighted by atomic mass is 9.77. The molecule has 7 heteroatoms. The number of halogens is 4. The smallest absolute Gasteiger partial charge is 0.352 e. The van der Waals surface area contributed by atoms with Crippen LogP contribution in [0.4, 0.5) is 17.6 Å². The Labute approximate surface area is 224 Å². The fraction of sp³-hybridized carbons (Fsp3) is 0.581. The zero-order valence-corrected chi connectivity index (χ0v) is 22.7. The van der Waals surface area contributed by atoms with Gasteiger partial charge in [0.1, 0.15) is 5.82 Å². The third-order valence-corrected chi connectivity index (χ3v) is 8.51. The van der Waals surface area contributed by atoms with Gasteiger partial charge in [0.05, 0.1) is 11.0 Å². The van der Waals surface area contributed by atoms with E-state index in [2.05, 4.69) is 55.3 Å². The van der Waals surface area contributed by atoms with Crippen LogP contribution in [0.1, 0.15) is 87.5 Å². The van der Waals surface area contributed by atoms with Crippen molar-refractivity contribution in [1.29, 1.82) is 0 Å². The molecular formula is C31H40F4N2O. The number of nitrogens with zero attached hydrogens (tertiary/aromatic N) is 1. The van der Waals surface area contributed by atoms with Gasteiger partial charge in [0.15, 0.2) is 0 Å². The quantitative estimate of drug-likeness (QED) is 0.357. The average Bonchev–Trinajstić information content (AvgIpc) is 3.31. The van der Waals surface area contributed by atoms with E-state index in [4.69, 9.17) is 0 Å². The normalized spacial score (nSPS) is 23.2. The number of aryl methyl sites for hydroxylation is 1. The molecule has 0 bridgehead atoms. The number of likely N-dealkylation sites (tertiary alicyclic amines) is 1. The summed E-state index contributed by atoms with van der Waals surface area (Å²) in [5.74, 6) is -0.207. The van der Waals surface area contributed by atoms with Gasteiger partial charge in [-0.2, -0.15) is 13.2 Å². The predicted molar refractivity (Wildman–Crippen MR) is 142 cm³/mol. The van der Waals surface area contributed by atoms with Crippen molar-refractivity contribution >= 4 is 5.91 Å². The molecule has 2 aliphatic rings. The molecule has 4 rings (SSSR count). The first-order valence-corrected chi connectivity index (χ1v) is 14.0. The van der Waals surface area contributed by atoms with Crippen LogP contribution in [-0.4, -0.2) is 29.9 Å². The average molecular weight is 533 g/mol. The summed E-state index contributed by atoms with van der Waals surface area (Å²) in [7, 11) is 0. The van der Waals surface area contributed by atoms with Gasteiger partial charge >= 0.3 is 6.18 Å². The van der Waals surface area contributed by atoms with Crippen LogP contribution in [0, 0.1) is 17.2 Å². The fourth-order valence-electron chi connectivity index (χ4n) is 6.58. The van der Waals surface area contributed by atoms with E-state index in [1.54, 1.807) is 0 Å². The zero-order chi connectivity index (χ0) is 27.5. The Morgan fingerprint density at radius 3 is 2.34 bits per heavy atom. The summed E-state index contributed by atoms with van der Waals surface area (Å²) in [6.45, 7) is 8.26. The number of alkyl halides is 3. The van der Waals surface area contributed by atoms with Crippen LogP contribution in [0.3, 0.4) is 0 Å². The molecule has 1 heterocycles. The molecule has 2 aromatic carbocycles. The first-order chi connectivity index (χ1) is 18.0. The van der Waals surface area contributed by atoms with Crippen molar-refractivity contribution in [2.24, 2.45) is 11.3 Å². The van der Waals surface area contributed by atoms with E-state index in [1.165, 1.54) is 11.1 Å². The van der Waals surface area contributed by atoms with Crippen molar-refractivity contribution in [3.63, 3.8) is 0 Å². The Kier molecular flexibility index (Phi) is 8.85. The number of piperidine rings is 1. The molecule has 0 radical (unpaired) electrons. The summed E-state index contributed by atoms with van der Waals surface area (Å²) in [6, 6.07) is 11.8. The molecule has 2 aromatic rings. The Hall–Kier alpha value is -2.41. The molecule has 1 aliphatic heterocycles. The number of benzene rings is 2. The van der Waals surface area contributed by atoms with Gasteiger partial charge in [-0.3, -0.25) is 4.79 Å². The van der Waals surface area contributed by atoms with E-state index in [0.717, 1.165) is 70.2 Å². The molecule has 0 aromatic heterocycles. The lowest BCUT2D eigenvalue weighted by Crippen LogP contribution is -2.44.